The predicted molar refractivity (Wildman–Crippen MR) is 77.1 cm³/mol. The molecule has 6 nitrogen and oxygen atoms in total. The smallest absolute Gasteiger partial charge is 0.251 e. The van der Waals surface area contributed by atoms with Crippen LogP contribution in [0.15, 0.2) is 24.3 Å². The molecule has 5 N–H and O–H groups in total. The van der Waals surface area contributed by atoms with Gasteiger partial charge in [0.05, 0.1) is 6.54 Å². The van der Waals surface area contributed by atoms with Gasteiger partial charge in [-0.15, -0.1) is 0 Å². The van der Waals surface area contributed by atoms with Gasteiger partial charge in [0, 0.05) is 23.9 Å². The van der Waals surface area contributed by atoms with Crippen LogP contribution in [0.2, 0.25) is 0 Å². The number of carbonyl (C=O) groups is 2. The zero-order chi connectivity index (χ0) is 15.0. The summed E-state index contributed by atoms with van der Waals surface area (Å²) >= 11 is 0. The fourth-order valence-corrected chi connectivity index (χ4v) is 1.71. The zero-order valence-electron chi connectivity index (χ0n) is 11.6. The molecular formula is C14H21N3O3. The van der Waals surface area contributed by atoms with Gasteiger partial charge in [0.25, 0.3) is 5.91 Å². The maximum Gasteiger partial charge on any atom is 0.251 e. The highest BCUT2D eigenvalue weighted by atomic mass is 16.3. The minimum atomic E-state index is -0.324. The van der Waals surface area contributed by atoms with E-state index in [1.807, 2.05) is 6.92 Å². The Hall–Kier alpha value is -2.08. The van der Waals surface area contributed by atoms with Crippen molar-refractivity contribution in [3.05, 3.63) is 29.8 Å². The monoisotopic (exact) mass is 279 g/mol. The highest BCUT2D eigenvalue weighted by Crippen LogP contribution is 2.04. The van der Waals surface area contributed by atoms with Crippen molar-refractivity contribution < 1.29 is 14.7 Å². The molecule has 1 rings (SSSR count). The van der Waals surface area contributed by atoms with Crippen LogP contribution in [0.4, 0.5) is 5.69 Å². The van der Waals surface area contributed by atoms with Gasteiger partial charge in [-0.3, -0.25) is 9.59 Å². The number of nitrogens with one attached hydrogen (secondary N) is 2. The van der Waals surface area contributed by atoms with Crippen molar-refractivity contribution >= 4 is 17.5 Å². The summed E-state index contributed by atoms with van der Waals surface area (Å²) in [6.45, 7) is 1.86. The molecule has 0 saturated heterocycles. The van der Waals surface area contributed by atoms with E-state index in [-0.39, 0.29) is 31.0 Å². The minimum absolute atomic E-state index is 0.0244. The summed E-state index contributed by atoms with van der Waals surface area (Å²) in [5, 5.41) is 14.1. The number of aliphatic hydroxyl groups excluding tert-OH is 1. The molecule has 0 heterocycles. The molecule has 0 aliphatic carbocycles. The Bertz CT molecular complexity index is 445. The van der Waals surface area contributed by atoms with E-state index in [4.69, 9.17) is 10.8 Å². The quantitative estimate of drug-likeness (QED) is 0.538. The first-order valence-electron chi connectivity index (χ1n) is 6.60. The third-order valence-corrected chi connectivity index (χ3v) is 2.92. The van der Waals surface area contributed by atoms with Crippen molar-refractivity contribution in [2.24, 2.45) is 0 Å². The van der Waals surface area contributed by atoms with Crippen LogP contribution in [0.5, 0.6) is 0 Å². The molecule has 0 spiro atoms. The van der Waals surface area contributed by atoms with Crippen LogP contribution >= 0.6 is 0 Å². The van der Waals surface area contributed by atoms with Gasteiger partial charge in [0.2, 0.25) is 5.91 Å². The number of carbonyl (C=O) groups excluding carboxylic acids is 2. The molecule has 1 aromatic carbocycles. The molecule has 1 unspecified atom stereocenters. The first-order chi connectivity index (χ1) is 9.56. The summed E-state index contributed by atoms with van der Waals surface area (Å²) in [6.07, 6.45) is 1.24. The summed E-state index contributed by atoms with van der Waals surface area (Å²) in [6, 6.07) is 6.39. The van der Waals surface area contributed by atoms with Gasteiger partial charge in [0.1, 0.15) is 0 Å². The van der Waals surface area contributed by atoms with Gasteiger partial charge >= 0.3 is 0 Å². The van der Waals surface area contributed by atoms with Gasteiger partial charge in [-0.25, -0.2) is 0 Å². The number of amides is 2. The number of hydrogen-bond acceptors (Lipinski definition) is 4. The molecule has 20 heavy (non-hydrogen) atoms. The van der Waals surface area contributed by atoms with Crippen molar-refractivity contribution in [3.8, 4) is 0 Å². The fourth-order valence-electron chi connectivity index (χ4n) is 1.71. The lowest BCUT2D eigenvalue weighted by atomic mass is 10.1. The Morgan fingerprint density at radius 1 is 1.30 bits per heavy atom. The summed E-state index contributed by atoms with van der Waals surface area (Å²) in [4.78, 5) is 23.4. The van der Waals surface area contributed by atoms with Crippen LogP contribution in [0.1, 0.15) is 30.1 Å². The van der Waals surface area contributed by atoms with Crippen LogP contribution in [0.3, 0.4) is 0 Å². The molecule has 0 aliphatic rings. The Labute approximate surface area is 118 Å². The molecule has 0 fully saturated rings. The van der Waals surface area contributed by atoms with Crippen LogP contribution < -0.4 is 16.4 Å². The molecule has 2 amide bonds. The van der Waals surface area contributed by atoms with E-state index < -0.39 is 0 Å². The van der Waals surface area contributed by atoms with Crippen molar-refractivity contribution in [2.75, 3.05) is 18.9 Å². The molecule has 1 atom stereocenters. The first-order valence-corrected chi connectivity index (χ1v) is 6.60. The van der Waals surface area contributed by atoms with Crippen LogP contribution in [0, 0.1) is 0 Å². The number of anilines is 1. The lowest BCUT2D eigenvalue weighted by molar-refractivity contribution is -0.120. The second kappa shape index (κ2) is 8.16. The highest BCUT2D eigenvalue weighted by molar-refractivity contribution is 5.96. The second-order valence-electron chi connectivity index (χ2n) is 4.49. The van der Waals surface area contributed by atoms with E-state index in [1.165, 1.54) is 0 Å². The number of nitrogen functional groups attached to an aromatic ring is 1. The van der Waals surface area contributed by atoms with Crippen molar-refractivity contribution in [3.63, 3.8) is 0 Å². The summed E-state index contributed by atoms with van der Waals surface area (Å²) in [5.41, 5.74) is 6.56. The van der Waals surface area contributed by atoms with Crippen molar-refractivity contribution in [1.29, 1.82) is 0 Å². The maximum atomic E-state index is 11.8. The number of aliphatic hydroxyl groups is 1. The molecule has 0 aliphatic heterocycles. The normalized spacial score (nSPS) is 11.7. The van der Waals surface area contributed by atoms with Crippen molar-refractivity contribution in [2.45, 2.75) is 25.8 Å². The third kappa shape index (κ3) is 5.27. The van der Waals surface area contributed by atoms with Gasteiger partial charge in [-0.05, 0) is 37.1 Å². The van der Waals surface area contributed by atoms with Gasteiger partial charge < -0.3 is 21.5 Å². The molecule has 6 heteroatoms. The number of rotatable bonds is 7. The molecule has 0 bridgehead atoms. The number of benzene rings is 1. The van der Waals surface area contributed by atoms with Crippen LogP contribution in [-0.4, -0.2) is 36.1 Å². The minimum Gasteiger partial charge on any atom is -0.399 e. The van der Waals surface area contributed by atoms with Gasteiger partial charge in [0.15, 0.2) is 0 Å². The zero-order valence-corrected chi connectivity index (χ0v) is 11.6. The molecule has 0 aromatic heterocycles. The Morgan fingerprint density at radius 2 is 1.95 bits per heavy atom. The summed E-state index contributed by atoms with van der Waals surface area (Å²) in [5.74, 6) is -0.593. The average molecular weight is 279 g/mol. The molecule has 1 aromatic rings. The number of nitrogens with two attached hydrogens (primary N) is 1. The van der Waals surface area contributed by atoms with E-state index in [1.54, 1.807) is 24.3 Å². The van der Waals surface area contributed by atoms with Crippen molar-refractivity contribution in [1.82, 2.24) is 10.6 Å². The predicted octanol–water partition coefficient (Wildman–Crippen LogP) is 0.276. The Kier molecular flexibility index (Phi) is 6.52. The van der Waals surface area contributed by atoms with E-state index in [9.17, 15) is 9.59 Å². The fraction of sp³-hybridized carbons (Fsp3) is 0.429. The average Bonchev–Trinajstić information content (AvgIpc) is 2.45. The molecule has 110 valence electrons. The van der Waals surface area contributed by atoms with Crippen LogP contribution in [-0.2, 0) is 4.79 Å². The van der Waals surface area contributed by atoms with E-state index in [0.29, 0.717) is 17.7 Å². The lowest BCUT2D eigenvalue weighted by Gasteiger charge is -2.15. The maximum absolute atomic E-state index is 11.8. The molecule has 0 radical (unpaired) electrons. The third-order valence-electron chi connectivity index (χ3n) is 2.92. The second-order valence-corrected chi connectivity index (χ2v) is 4.49. The Morgan fingerprint density at radius 3 is 2.50 bits per heavy atom. The largest absolute Gasteiger partial charge is 0.399 e. The summed E-state index contributed by atoms with van der Waals surface area (Å²) < 4.78 is 0. The lowest BCUT2D eigenvalue weighted by Crippen LogP contribution is -2.42. The number of hydrogen-bond donors (Lipinski definition) is 4. The topological polar surface area (TPSA) is 104 Å². The van der Waals surface area contributed by atoms with Gasteiger partial charge in [-0.1, -0.05) is 6.92 Å². The van der Waals surface area contributed by atoms with Crippen LogP contribution in [0.25, 0.3) is 0 Å². The summed E-state index contributed by atoms with van der Waals surface area (Å²) in [7, 11) is 0. The standard InChI is InChI=1S/C14H21N3O3/c1-2-12(7-8-18)17-13(19)9-16-14(20)10-3-5-11(15)6-4-10/h3-6,12,18H,2,7-9,15H2,1H3,(H,16,20)(H,17,19). The SMILES string of the molecule is CCC(CCO)NC(=O)CNC(=O)c1ccc(N)cc1. The molecule has 0 saturated carbocycles. The Balaban J connectivity index is 2.40. The van der Waals surface area contributed by atoms with E-state index in [2.05, 4.69) is 10.6 Å². The van der Waals surface area contributed by atoms with E-state index in [0.717, 1.165) is 6.42 Å². The van der Waals surface area contributed by atoms with E-state index >= 15 is 0 Å². The first kappa shape index (κ1) is 16.0. The molecular weight excluding hydrogens is 258 g/mol. The highest BCUT2D eigenvalue weighted by Gasteiger charge is 2.11. The van der Waals surface area contributed by atoms with Gasteiger partial charge in [-0.2, -0.15) is 0 Å².